The zero-order valence-corrected chi connectivity index (χ0v) is 13.3. The number of halogens is 1. The molecule has 0 aliphatic carbocycles. The van der Waals surface area contributed by atoms with Gasteiger partial charge in [0.25, 0.3) is 11.8 Å². The van der Waals surface area contributed by atoms with Gasteiger partial charge in [-0.2, -0.15) is 5.11 Å². The second-order valence-electron chi connectivity index (χ2n) is 5.67. The molecule has 0 radical (unpaired) electrons. The average Bonchev–Trinajstić information content (AvgIpc) is 3.09. The molecule has 0 saturated carbocycles. The van der Waals surface area contributed by atoms with Crippen molar-refractivity contribution in [1.82, 2.24) is 5.01 Å². The monoisotopic (exact) mass is 340 g/mol. The molecule has 0 N–H and O–H groups in total. The van der Waals surface area contributed by atoms with Crippen LogP contribution in [-0.4, -0.2) is 28.9 Å². The number of hydrogen-bond acceptors (Lipinski definition) is 5. The Morgan fingerprint density at radius 2 is 1.79 bits per heavy atom. The lowest BCUT2D eigenvalue weighted by atomic mass is 10.1. The quantitative estimate of drug-likeness (QED) is 0.807. The van der Waals surface area contributed by atoms with Gasteiger partial charge in [0.2, 0.25) is 0 Å². The Kier molecular flexibility index (Phi) is 3.54. The van der Waals surface area contributed by atoms with E-state index in [0.717, 1.165) is 10.5 Å². The van der Waals surface area contributed by atoms with Crippen molar-refractivity contribution in [3.05, 3.63) is 65.2 Å². The number of nitrogens with zero attached hydrogens (tertiary/aromatic N) is 4. The zero-order chi connectivity index (χ0) is 16.7. The lowest BCUT2D eigenvalue weighted by molar-refractivity contribution is -0.123. The van der Waals surface area contributed by atoms with E-state index in [0.29, 0.717) is 17.3 Å². The van der Waals surface area contributed by atoms with E-state index in [4.69, 9.17) is 11.6 Å². The molecule has 4 rings (SSSR count). The second-order valence-corrected chi connectivity index (χ2v) is 6.11. The number of anilines is 1. The van der Waals surface area contributed by atoms with Crippen LogP contribution >= 0.6 is 11.6 Å². The van der Waals surface area contributed by atoms with Crippen molar-refractivity contribution >= 4 is 29.1 Å². The summed E-state index contributed by atoms with van der Waals surface area (Å²) in [4.78, 5) is 26.5. The van der Waals surface area contributed by atoms with E-state index in [-0.39, 0.29) is 11.8 Å². The molecule has 120 valence electrons. The Morgan fingerprint density at radius 3 is 2.54 bits per heavy atom. The summed E-state index contributed by atoms with van der Waals surface area (Å²) in [5, 5.41) is 10.1. The van der Waals surface area contributed by atoms with Crippen molar-refractivity contribution in [2.24, 2.45) is 10.3 Å². The third-order valence-electron chi connectivity index (χ3n) is 4.11. The van der Waals surface area contributed by atoms with Crippen molar-refractivity contribution in [1.29, 1.82) is 0 Å². The molecule has 2 aromatic carbocycles. The van der Waals surface area contributed by atoms with Crippen LogP contribution in [0.2, 0.25) is 5.02 Å². The average molecular weight is 341 g/mol. The van der Waals surface area contributed by atoms with E-state index in [9.17, 15) is 9.59 Å². The molecular weight excluding hydrogens is 328 g/mol. The minimum atomic E-state index is -0.791. The molecule has 2 heterocycles. The molecule has 0 bridgehead atoms. The summed E-state index contributed by atoms with van der Waals surface area (Å²) >= 11 is 5.97. The smallest absolute Gasteiger partial charge is 0.263 e. The Hall–Kier alpha value is -2.73. The third-order valence-corrected chi connectivity index (χ3v) is 4.35. The molecule has 24 heavy (non-hydrogen) atoms. The second kappa shape index (κ2) is 5.72. The van der Waals surface area contributed by atoms with Crippen LogP contribution in [-0.2, 0) is 16.1 Å². The molecule has 2 aromatic rings. The molecule has 2 aliphatic heterocycles. The summed E-state index contributed by atoms with van der Waals surface area (Å²) in [6, 6.07) is 14.8. The standard InChI is InChI=1S/C17H13ClN4O2/c18-12-7-4-8-13(9-12)22-16(23)14-15(17(22)24)21(20-19-14)10-11-5-2-1-3-6-11/h1-9,14-15H,10H2. The highest BCUT2D eigenvalue weighted by atomic mass is 35.5. The maximum Gasteiger partial charge on any atom is 0.263 e. The van der Waals surface area contributed by atoms with Gasteiger partial charge >= 0.3 is 0 Å². The summed E-state index contributed by atoms with van der Waals surface area (Å²) in [6.07, 6.45) is 0. The number of fused-ring (bicyclic) bond motifs is 1. The molecule has 7 heteroatoms. The molecule has 0 spiro atoms. The maximum atomic E-state index is 12.8. The fraction of sp³-hybridized carbons (Fsp3) is 0.176. The van der Waals surface area contributed by atoms with Crippen molar-refractivity contribution < 1.29 is 9.59 Å². The molecule has 2 unspecified atom stereocenters. The highest BCUT2D eigenvalue weighted by Crippen LogP contribution is 2.33. The highest BCUT2D eigenvalue weighted by molar-refractivity contribution is 6.31. The molecule has 1 saturated heterocycles. The minimum absolute atomic E-state index is 0.326. The number of amides is 2. The topological polar surface area (TPSA) is 65.3 Å². The van der Waals surface area contributed by atoms with Crippen molar-refractivity contribution in [2.75, 3.05) is 4.90 Å². The number of benzene rings is 2. The van der Waals surface area contributed by atoms with Crippen LogP contribution in [0.1, 0.15) is 5.56 Å². The van der Waals surface area contributed by atoms with E-state index >= 15 is 0 Å². The van der Waals surface area contributed by atoms with Crippen LogP contribution in [0.15, 0.2) is 64.9 Å². The van der Waals surface area contributed by atoms with Crippen molar-refractivity contribution in [3.63, 3.8) is 0 Å². The maximum absolute atomic E-state index is 12.8. The number of carbonyl (C=O) groups excluding carboxylic acids is 2. The molecule has 2 atom stereocenters. The molecule has 0 aromatic heterocycles. The zero-order valence-electron chi connectivity index (χ0n) is 12.5. The van der Waals surface area contributed by atoms with E-state index < -0.39 is 12.1 Å². The molecule has 6 nitrogen and oxygen atoms in total. The van der Waals surface area contributed by atoms with Gasteiger partial charge in [-0.1, -0.05) is 53.2 Å². The van der Waals surface area contributed by atoms with Crippen LogP contribution in [0.3, 0.4) is 0 Å². The summed E-state index contributed by atoms with van der Waals surface area (Å²) in [5.74, 6) is -0.695. The van der Waals surface area contributed by atoms with Gasteiger partial charge in [-0.3, -0.25) is 14.6 Å². The lowest BCUT2D eigenvalue weighted by Crippen LogP contribution is -2.39. The van der Waals surface area contributed by atoms with E-state index in [1.54, 1.807) is 29.3 Å². The van der Waals surface area contributed by atoms with Gasteiger partial charge in [-0.15, -0.1) is 0 Å². The third kappa shape index (κ3) is 2.35. The minimum Gasteiger partial charge on any atom is -0.271 e. The van der Waals surface area contributed by atoms with E-state index in [1.165, 1.54) is 0 Å². The molecule has 2 aliphatic rings. The SMILES string of the molecule is O=C1C2N=NN(Cc3ccccc3)C2C(=O)N1c1cccc(Cl)c1. The molecule has 2 amide bonds. The summed E-state index contributed by atoms with van der Waals surface area (Å²) in [7, 11) is 0. The van der Waals surface area contributed by atoms with Gasteiger partial charge < -0.3 is 0 Å². The number of carbonyl (C=O) groups is 2. The van der Waals surface area contributed by atoms with Crippen molar-refractivity contribution in [3.8, 4) is 0 Å². The number of rotatable bonds is 3. The largest absolute Gasteiger partial charge is 0.271 e. The Balaban J connectivity index is 1.62. The first-order valence-corrected chi connectivity index (χ1v) is 7.87. The first kappa shape index (κ1) is 14.8. The van der Waals surface area contributed by atoms with Gasteiger partial charge in [0.15, 0.2) is 12.1 Å². The van der Waals surface area contributed by atoms with Gasteiger partial charge in [-0.25, -0.2) is 4.90 Å². The van der Waals surface area contributed by atoms with E-state index in [2.05, 4.69) is 10.3 Å². The van der Waals surface area contributed by atoms with E-state index in [1.807, 2.05) is 30.3 Å². The van der Waals surface area contributed by atoms with Crippen molar-refractivity contribution in [2.45, 2.75) is 18.6 Å². The van der Waals surface area contributed by atoms with Crippen LogP contribution < -0.4 is 4.90 Å². The number of imide groups is 1. The van der Waals surface area contributed by atoms with Crippen LogP contribution in [0.4, 0.5) is 5.69 Å². The normalized spacial score (nSPS) is 22.4. The Morgan fingerprint density at radius 1 is 1.00 bits per heavy atom. The van der Waals surface area contributed by atoms with Crippen LogP contribution in [0.5, 0.6) is 0 Å². The first-order valence-electron chi connectivity index (χ1n) is 7.50. The lowest BCUT2D eigenvalue weighted by Gasteiger charge is -2.20. The summed E-state index contributed by atoms with van der Waals surface area (Å²) < 4.78 is 0. The van der Waals surface area contributed by atoms with Crippen LogP contribution in [0, 0.1) is 0 Å². The first-order chi connectivity index (χ1) is 11.6. The summed E-state index contributed by atoms with van der Waals surface area (Å²) in [6.45, 7) is 0.425. The fourth-order valence-electron chi connectivity index (χ4n) is 2.99. The Labute approximate surface area is 143 Å². The highest BCUT2D eigenvalue weighted by Gasteiger charge is 2.54. The van der Waals surface area contributed by atoms with Gasteiger partial charge in [0.05, 0.1) is 12.2 Å². The predicted molar refractivity (Wildman–Crippen MR) is 88.4 cm³/mol. The summed E-state index contributed by atoms with van der Waals surface area (Å²) in [5.41, 5.74) is 1.46. The van der Waals surface area contributed by atoms with Gasteiger partial charge in [-0.05, 0) is 23.8 Å². The van der Waals surface area contributed by atoms with Crippen LogP contribution in [0.25, 0.3) is 0 Å². The molecular formula is C17H13ClN4O2. The predicted octanol–water partition coefficient (Wildman–Crippen LogP) is 2.83. The number of hydrogen-bond donors (Lipinski definition) is 0. The fourth-order valence-corrected chi connectivity index (χ4v) is 3.18. The van der Waals surface area contributed by atoms with Gasteiger partial charge in [0.1, 0.15) is 0 Å². The molecule has 1 fully saturated rings. The Bertz CT molecular complexity index is 839. The van der Waals surface area contributed by atoms with Gasteiger partial charge in [0, 0.05) is 5.02 Å².